The summed E-state index contributed by atoms with van der Waals surface area (Å²) in [7, 11) is -9.88. The summed E-state index contributed by atoms with van der Waals surface area (Å²) >= 11 is 0. The molecule has 0 aliphatic rings. The summed E-state index contributed by atoms with van der Waals surface area (Å²) in [5, 5.41) is 10.5. The number of rotatable bonds is 63. The molecule has 0 spiro atoms. The van der Waals surface area contributed by atoms with E-state index in [0.717, 1.165) is 102 Å². The highest BCUT2D eigenvalue weighted by Crippen LogP contribution is 2.45. The largest absolute Gasteiger partial charge is 0.472 e. The van der Waals surface area contributed by atoms with Gasteiger partial charge in [0.15, 0.2) is 12.2 Å². The van der Waals surface area contributed by atoms with Gasteiger partial charge in [0.1, 0.15) is 19.3 Å². The van der Waals surface area contributed by atoms with Gasteiger partial charge in [-0.15, -0.1) is 0 Å². The van der Waals surface area contributed by atoms with Crippen molar-refractivity contribution in [1.29, 1.82) is 0 Å². The Balaban J connectivity index is 5.23. The van der Waals surface area contributed by atoms with Crippen molar-refractivity contribution in [1.82, 2.24) is 0 Å². The molecule has 0 aromatic heterocycles. The van der Waals surface area contributed by atoms with Gasteiger partial charge in [-0.25, -0.2) is 9.13 Å². The first-order valence-corrected chi connectivity index (χ1v) is 36.5. The van der Waals surface area contributed by atoms with Gasteiger partial charge in [-0.1, -0.05) is 266 Å². The first-order chi connectivity index (χ1) is 39.9. The predicted octanol–water partition coefficient (Wildman–Crippen LogP) is 17.7. The Morgan fingerprint density at radius 2 is 0.554 bits per heavy atom. The number of unbranched alkanes of at least 4 members (excludes halogenated alkanes) is 33. The van der Waals surface area contributed by atoms with E-state index in [0.29, 0.717) is 31.6 Å². The van der Waals surface area contributed by atoms with Crippen molar-refractivity contribution in [2.75, 3.05) is 39.6 Å². The maximum Gasteiger partial charge on any atom is 0.472 e. The van der Waals surface area contributed by atoms with Crippen LogP contribution in [0.3, 0.4) is 0 Å². The van der Waals surface area contributed by atoms with Gasteiger partial charge in [0, 0.05) is 25.7 Å². The Hall–Kier alpha value is -1.94. The molecule has 0 amide bonds. The third-order valence-electron chi connectivity index (χ3n) is 14.7. The zero-order valence-corrected chi connectivity index (χ0v) is 55.3. The standard InChI is InChI=1S/C64H124O17P2/c1-7-9-11-13-15-17-23-29-36-42-48-63(68)80-59(52-74-61(66)46-40-34-28-21-16-14-12-10-8-2)54-78-82(70,71)76-50-58(65)51-77-83(72,73)79-55-60(53-75-62(67)47-41-35-31-25-27-33-39-45-57(5)6)81-64(69)49-43-37-30-24-20-18-19-22-26-32-38-44-56(3)4/h56-60,65H,7-55H2,1-6H3,(H,70,71)(H,72,73)/t58-,59+,60+/m0/s1. The van der Waals surface area contributed by atoms with E-state index in [4.69, 9.17) is 37.0 Å². The molecule has 0 aromatic carbocycles. The first-order valence-electron chi connectivity index (χ1n) is 33.5. The maximum absolute atomic E-state index is 13.0. The molecule has 492 valence electrons. The van der Waals surface area contributed by atoms with Crippen molar-refractivity contribution in [3.05, 3.63) is 0 Å². The number of ether oxygens (including phenoxy) is 4. The van der Waals surface area contributed by atoms with Crippen LogP contribution < -0.4 is 0 Å². The lowest BCUT2D eigenvalue weighted by molar-refractivity contribution is -0.161. The van der Waals surface area contributed by atoms with Gasteiger partial charge in [-0.2, -0.15) is 0 Å². The van der Waals surface area contributed by atoms with Crippen LogP contribution in [0.1, 0.15) is 318 Å². The number of hydrogen-bond donors (Lipinski definition) is 3. The van der Waals surface area contributed by atoms with E-state index in [1.807, 2.05) is 0 Å². The highest BCUT2D eigenvalue weighted by atomic mass is 31.2. The molecule has 0 aliphatic carbocycles. The molecule has 0 bridgehead atoms. The topological polar surface area (TPSA) is 237 Å². The van der Waals surface area contributed by atoms with E-state index in [2.05, 4.69) is 41.5 Å². The molecule has 19 heteroatoms. The fraction of sp³-hybridized carbons (Fsp3) is 0.938. The van der Waals surface area contributed by atoms with Gasteiger partial charge < -0.3 is 33.8 Å². The average Bonchev–Trinajstić information content (AvgIpc) is 3.45. The number of carbonyl (C=O) groups is 4. The van der Waals surface area contributed by atoms with Crippen molar-refractivity contribution in [3.63, 3.8) is 0 Å². The minimum Gasteiger partial charge on any atom is -0.462 e. The summed E-state index contributed by atoms with van der Waals surface area (Å²) in [6.45, 7) is 9.42. The van der Waals surface area contributed by atoms with Crippen LogP contribution in [-0.2, 0) is 65.4 Å². The molecule has 17 nitrogen and oxygen atoms in total. The highest BCUT2D eigenvalue weighted by molar-refractivity contribution is 7.47. The first kappa shape index (κ1) is 81.1. The van der Waals surface area contributed by atoms with E-state index in [1.165, 1.54) is 128 Å². The second-order valence-electron chi connectivity index (χ2n) is 24.1. The van der Waals surface area contributed by atoms with Gasteiger partial charge in [0.05, 0.1) is 26.4 Å². The summed E-state index contributed by atoms with van der Waals surface area (Å²) in [5.41, 5.74) is 0. The van der Waals surface area contributed by atoms with Crippen molar-refractivity contribution >= 4 is 39.5 Å². The molecule has 2 unspecified atom stereocenters. The Kier molecular flexibility index (Phi) is 55.2. The molecule has 0 aromatic rings. The van der Waals surface area contributed by atoms with Gasteiger partial charge >= 0.3 is 39.5 Å². The van der Waals surface area contributed by atoms with Crippen LogP contribution in [0.2, 0.25) is 0 Å². The van der Waals surface area contributed by atoms with Gasteiger partial charge in [0.2, 0.25) is 0 Å². The summed E-state index contributed by atoms with van der Waals surface area (Å²) < 4.78 is 67.9. The third kappa shape index (κ3) is 58.8. The number of esters is 4. The molecule has 0 rings (SSSR count). The summed E-state index contributed by atoms with van der Waals surface area (Å²) in [4.78, 5) is 72.1. The summed E-state index contributed by atoms with van der Waals surface area (Å²) in [6, 6.07) is 0. The number of carbonyl (C=O) groups excluding carboxylic acids is 4. The van der Waals surface area contributed by atoms with Gasteiger partial charge in [0.25, 0.3) is 0 Å². The normalized spacial score (nSPS) is 14.3. The Morgan fingerprint density at radius 1 is 0.325 bits per heavy atom. The van der Waals surface area contributed by atoms with E-state index >= 15 is 0 Å². The maximum atomic E-state index is 13.0. The van der Waals surface area contributed by atoms with E-state index < -0.39 is 97.5 Å². The smallest absolute Gasteiger partial charge is 0.462 e. The lowest BCUT2D eigenvalue weighted by atomic mass is 10.0. The van der Waals surface area contributed by atoms with E-state index in [-0.39, 0.29) is 25.7 Å². The zero-order valence-electron chi connectivity index (χ0n) is 53.5. The monoisotopic (exact) mass is 1230 g/mol. The fourth-order valence-electron chi connectivity index (χ4n) is 9.53. The number of hydrogen-bond acceptors (Lipinski definition) is 15. The van der Waals surface area contributed by atoms with Crippen LogP contribution in [0, 0.1) is 11.8 Å². The van der Waals surface area contributed by atoms with Crippen LogP contribution in [0.5, 0.6) is 0 Å². The van der Waals surface area contributed by atoms with Crippen molar-refractivity contribution in [2.45, 2.75) is 336 Å². The predicted molar refractivity (Wildman–Crippen MR) is 331 cm³/mol. The minimum atomic E-state index is -4.94. The zero-order chi connectivity index (χ0) is 61.5. The molecule has 0 radical (unpaired) electrons. The summed E-state index contributed by atoms with van der Waals surface area (Å²) in [5.74, 6) is -0.665. The molecule has 0 saturated heterocycles. The fourth-order valence-corrected chi connectivity index (χ4v) is 11.1. The molecular weight excluding hydrogens is 1100 g/mol. The third-order valence-corrected chi connectivity index (χ3v) is 16.6. The van der Waals surface area contributed by atoms with Crippen molar-refractivity contribution in [3.8, 4) is 0 Å². The second kappa shape index (κ2) is 56.6. The average molecular weight is 1230 g/mol. The van der Waals surface area contributed by atoms with Gasteiger partial charge in [-0.05, 0) is 37.5 Å². The lowest BCUT2D eigenvalue weighted by Gasteiger charge is -2.21. The van der Waals surface area contributed by atoms with E-state index in [9.17, 15) is 43.2 Å². The Morgan fingerprint density at radius 3 is 0.819 bits per heavy atom. The number of aliphatic hydroxyl groups is 1. The Labute approximate surface area is 505 Å². The molecular formula is C64H124O17P2. The molecule has 3 N–H and O–H groups in total. The molecule has 0 saturated carbocycles. The van der Waals surface area contributed by atoms with E-state index in [1.54, 1.807) is 0 Å². The van der Waals surface area contributed by atoms with Crippen LogP contribution in [0.4, 0.5) is 0 Å². The molecule has 0 heterocycles. The van der Waals surface area contributed by atoms with Crippen molar-refractivity contribution < 1.29 is 80.2 Å². The van der Waals surface area contributed by atoms with Crippen molar-refractivity contribution in [2.24, 2.45) is 11.8 Å². The number of phosphoric acid groups is 2. The lowest BCUT2D eigenvalue weighted by Crippen LogP contribution is -2.30. The SMILES string of the molecule is CCCCCCCCCCCCC(=O)O[C@H](COC(=O)CCCCCCCCCCC)COP(=O)(O)OC[C@H](O)COP(=O)(O)OC[C@@H](COC(=O)CCCCCCCCCC(C)C)OC(=O)CCCCCCCCCCCCCC(C)C. The summed E-state index contributed by atoms with van der Waals surface area (Å²) in [6.07, 6.45) is 38.9. The molecule has 0 fully saturated rings. The number of phosphoric ester groups is 2. The molecule has 0 aliphatic heterocycles. The molecule has 5 atom stereocenters. The van der Waals surface area contributed by atoms with Gasteiger partial charge in [-0.3, -0.25) is 37.3 Å². The quantitative estimate of drug-likeness (QED) is 0.0222. The highest BCUT2D eigenvalue weighted by Gasteiger charge is 2.30. The second-order valence-corrected chi connectivity index (χ2v) is 27.0. The van der Waals surface area contributed by atoms with Crippen LogP contribution in [-0.4, -0.2) is 96.7 Å². The van der Waals surface area contributed by atoms with Crippen LogP contribution >= 0.6 is 15.6 Å². The Bertz CT molecular complexity index is 1630. The van der Waals surface area contributed by atoms with Crippen LogP contribution in [0.25, 0.3) is 0 Å². The number of aliphatic hydroxyl groups excluding tert-OH is 1. The molecule has 83 heavy (non-hydrogen) atoms. The van der Waals surface area contributed by atoms with Crippen LogP contribution in [0.15, 0.2) is 0 Å². The minimum absolute atomic E-state index is 0.105.